The van der Waals surface area contributed by atoms with Crippen molar-refractivity contribution >= 4 is 28.1 Å². The van der Waals surface area contributed by atoms with E-state index in [2.05, 4.69) is 45.2 Å². The molecule has 1 N–H and O–H groups in total. The molecule has 1 atom stereocenters. The van der Waals surface area contributed by atoms with Crippen LogP contribution in [0.5, 0.6) is 0 Å². The zero-order valence-corrected chi connectivity index (χ0v) is 18.1. The molecular weight excluding hydrogens is 398 g/mol. The maximum atomic E-state index is 11.2. The van der Waals surface area contributed by atoms with Gasteiger partial charge in [0.05, 0.1) is 17.3 Å². The largest absolute Gasteiger partial charge is 0.481 e. The van der Waals surface area contributed by atoms with Gasteiger partial charge >= 0.3 is 5.97 Å². The lowest BCUT2D eigenvalue weighted by molar-refractivity contribution is -0.143. The van der Waals surface area contributed by atoms with Gasteiger partial charge in [-0.2, -0.15) is 5.11 Å². The molecule has 1 saturated heterocycles. The number of hydrogen-bond donors (Lipinski definition) is 1. The van der Waals surface area contributed by atoms with E-state index in [-0.39, 0.29) is 5.92 Å². The number of azo groups is 1. The Kier molecular flexibility index (Phi) is 7.27. The van der Waals surface area contributed by atoms with Gasteiger partial charge in [0.1, 0.15) is 0 Å². The summed E-state index contributed by atoms with van der Waals surface area (Å²) < 4.78 is 0. The van der Waals surface area contributed by atoms with Crippen molar-refractivity contribution in [3.05, 3.63) is 72.3 Å². The van der Waals surface area contributed by atoms with Crippen molar-refractivity contribution < 1.29 is 9.90 Å². The molecule has 0 radical (unpaired) electrons. The lowest BCUT2D eigenvalue weighted by Gasteiger charge is -2.30. The van der Waals surface area contributed by atoms with E-state index < -0.39 is 5.97 Å². The zero-order chi connectivity index (χ0) is 22.2. The van der Waals surface area contributed by atoms with Gasteiger partial charge in [-0.1, -0.05) is 48.2 Å². The van der Waals surface area contributed by atoms with Crippen LogP contribution in [0.1, 0.15) is 31.2 Å². The normalized spacial score (nSPS) is 16.7. The number of piperidine rings is 1. The third-order valence-electron chi connectivity index (χ3n) is 5.77. The molecule has 0 amide bonds. The minimum Gasteiger partial charge on any atom is -0.481 e. The van der Waals surface area contributed by atoms with Crippen LogP contribution in [0, 0.1) is 17.8 Å². The molecule has 1 fully saturated rings. The zero-order valence-electron chi connectivity index (χ0n) is 18.1. The molecule has 1 unspecified atom stereocenters. The van der Waals surface area contributed by atoms with Crippen LogP contribution in [0.25, 0.3) is 10.8 Å². The number of benzene rings is 3. The second-order valence-corrected chi connectivity index (χ2v) is 8.13. The Bertz CT molecular complexity index is 1150. The van der Waals surface area contributed by atoms with Crippen LogP contribution in [-0.2, 0) is 4.79 Å². The molecule has 0 bridgehead atoms. The standard InChI is InChI=1S/C27H27N3O2/c31-27(32)23-11-7-19-30(20-23)18-5-1-2-8-21-14-16-24(17-15-21)28-29-26-13-6-10-22-9-3-4-12-25(22)26/h3-4,6,9-10,12-17,23H,1,5,7,11,18-20H2,(H,31,32). The van der Waals surface area contributed by atoms with Gasteiger partial charge in [-0.3, -0.25) is 4.79 Å². The smallest absolute Gasteiger partial charge is 0.307 e. The predicted octanol–water partition coefficient (Wildman–Crippen LogP) is 6.18. The summed E-state index contributed by atoms with van der Waals surface area (Å²) in [5, 5.41) is 20.2. The summed E-state index contributed by atoms with van der Waals surface area (Å²) in [6.45, 7) is 2.56. The monoisotopic (exact) mass is 425 g/mol. The van der Waals surface area contributed by atoms with Gasteiger partial charge in [-0.15, -0.1) is 5.11 Å². The van der Waals surface area contributed by atoms with Crippen LogP contribution in [-0.4, -0.2) is 35.6 Å². The van der Waals surface area contributed by atoms with Gasteiger partial charge in [0.2, 0.25) is 0 Å². The van der Waals surface area contributed by atoms with Gasteiger partial charge in [0.25, 0.3) is 0 Å². The molecule has 0 spiro atoms. The molecule has 1 heterocycles. The number of unbranched alkanes of at least 4 members (excludes halogenated alkanes) is 1. The van der Waals surface area contributed by atoms with Crippen molar-refractivity contribution in [1.82, 2.24) is 4.90 Å². The minimum atomic E-state index is -0.672. The van der Waals surface area contributed by atoms with Crippen LogP contribution in [0.3, 0.4) is 0 Å². The first-order chi connectivity index (χ1) is 15.7. The molecule has 1 aliphatic rings. The molecule has 0 saturated carbocycles. The van der Waals surface area contributed by atoms with Gasteiger partial charge in [-0.25, -0.2) is 0 Å². The van der Waals surface area contributed by atoms with E-state index in [1.807, 2.05) is 48.5 Å². The van der Waals surface area contributed by atoms with E-state index in [9.17, 15) is 9.90 Å². The number of nitrogens with zero attached hydrogens (tertiary/aromatic N) is 3. The van der Waals surface area contributed by atoms with Gasteiger partial charge < -0.3 is 10.0 Å². The topological polar surface area (TPSA) is 65.3 Å². The molecule has 0 aliphatic carbocycles. The first kappa shape index (κ1) is 21.7. The molecule has 0 aromatic heterocycles. The molecule has 32 heavy (non-hydrogen) atoms. The number of carbonyl (C=O) groups is 1. The summed E-state index contributed by atoms with van der Waals surface area (Å²) in [6, 6.07) is 22.0. The number of aliphatic carboxylic acids is 1. The van der Waals surface area contributed by atoms with E-state index in [4.69, 9.17) is 0 Å². The quantitative estimate of drug-likeness (QED) is 0.291. The highest BCUT2D eigenvalue weighted by atomic mass is 16.4. The van der Waals surface area contributed by atoms with Crippen LogP contribution < -0.4 is 0 Å². The Morgan fingerprint density at radius 2 is 1.84 bits per heavy atom. The van der Waals surface area contributed by atoms with Crippen molar-refractivity contribution in [3.63, 3.8) is 0 Å². The molecule has 5 nitrogen and oxygen atoms in total. The number of rotatable bonds is 6. The van der Waals surface area contributed by atoms with Crippen molar-refractivity contribution in [1.29, 1.82) is 0 Å². The van der Waals surface area contributed by atoms with E-state index in [1.165, 1.54) is 0 Å². The van der Waals surface area contributed by atoms with Crippen molar-refractivity contribution in [3.8, 4) is 11.8 Å². The number of hydrogen-bond acceptors (Lipinski definition) is 4. The van der Waals surface area contributed by atoms with Gasteiger partial charge in [0, 0.05) is 23.9 Å². The number of fused-ring (bicyclic) bond motifs is 1. The summed E-state index contributed by atoms with van der Waals surface area (Å²) in [7, 11) is 0. The maximum absolute atomic E-state index is 11.2. The fourth-order valence-electron chi connectivity index (χ4n) is 4.03. The van der Waals surface area contributed by atoms with Crippen molar-refractivity contribution in [2.45, 2.75) is 25.7 Å². The molecular formula is C27H27N3O2. The molecule has 4 rings (SSSR count). The van der Waals surface area contributed by atoms with Crippen LogP contribution in [0.4, 0.5) is 11.4 Å². The second-order valence-electron chi connectivity index (χ2n) is 8.13. The predicted molar refractivity (Wildman–Crippen MR) is 127 cm³/mol. The lowest BCUT2D eigenvalue weighted by Crippen LogP contribution is -2.39. The first-order valence-electron chi connectivity index (χ1n) is 11.1. The third kappa shape index (κ3) is 5.81. The summed E-state index contributed by atoms with van der Waals surface area (Å²) in [5.74, 6) is 5.54. The van der Waals surface area contributed by atoms with Crippen molar-refractivity contribution in [2.24, 2.45) is 16.1 Å². The summed E-state index contributed by atoms with van der Waals surface area (Å²) in [4.78, 5) is 13.4. The number of carboxylic acid groups (broad SMARTS) is 1. The highest BCUT2D eigenvalue weighted by molar-refractivity contribution is 5.92. The van der Waals surface area contributed by atoms with E-state index >= 15 is 0 Å². The third-order valence-corrected chi connectivity index (χ3v) is 5.77. The maximum Gasteiger partial charge on any atom is 0.307 e. The van der Waals surface area contributed by atoms with E-state index in [0.29, 0.717) is 6.54 Å². The Balaban J connectivity index is 1.28. The van der Waals surface area contributed by atoms with Gasteiger partial charge in [0.15, 0.2) is 0 Å². The van der Waals surface area contributed by atoms with Crippen LogP contribution in [0.15, 0.2) is 77.0 Å². The molecule has 5 heteroatoms. The molecule has 3 aromatic carbocycles. The second kappa shape index (κ2) is 10.7. The Hall–Kier alpha value is -3.49. The highest BCUT2D eigenvalue weighted by Crippen LogP contribution is 2.27. The summed E-state index contributed by atoms with van der Waals surface area (Å²) in [6.07, 6.45) is 3.52. The fourth-order valence-corrected chi connectivity index (χ4v) is 4.03. The molecule has 162 valence electrons. The minimum absolute atomic E-state index is 0.217. The lowest BCUT2D eigenvalue weighted by atomic mass is 9.98. The van der Waals surface area contributed by atoms with Crippen molar-refractivity contribution in [2.75, 3.05) is 19.6 Å². The number of likely N-dealkylation sites (tertiary alicyclic amines) is 1. The Labute approximate surface area is 188 Å². The van der Waals surface area contributed by atoms with Crippen LogP contribution >= 0.6 is 0 Å². The summed E-state index contributed by atoms with van der Waals surface area (Å²) in [5.41, 5.74) is 2.61. The van der Waals surface area contributed by atoms with Gasteiger partial charge in [-0.05, 0) is 68.1 Å². The van der Waals surface area contributed by atoms with Crippen LogP contribution in [0.2, 0.25) is 0 Å². The Morgan fingerprint density at radius 3 is 2.69 bits per heavy atom. The van der Waals surface area contributed by atoms with E-state index in [0.717, 1.165) is 66.5 Å². The highest BCUT2D eigenvalue weighted by Gasteiger charge is 2.24. The molecule has 3 aromatic rings. The fraction of sp³-hybridized carbons (Fsp3) is 0.296. The average molecular weight is 426 g/mol. The SMILES string of the molecule is O=C(O)C1CCCN(CCCC#Cc2ccc(N=Nc3cccc4ccccc34)cc2)C1. The Morgan fingerprint density at radius 1 is 1.03 bits per heavy atom. The number of carboxylic acids is 1. The summed E-state index contributed by atoms with van der Waals surface area (Å²) >= 11 is 0. The first-order valence-corrected chi connectivity index (χ1v) is 11.1. The molecule has 1 aliphatic heterocycles. The average Bonchev–Trinajstić information content (AvgIpc) is 2.83. The van der Waals surface area contributed by atoms with E-state index in [1.54, 1.807) is 0 Å².